The largest absolute Gasteiger partial charge is 0.417 e. The number of amides is 2. The molecule has 2 aliphatic carbocycles. The minimum atomic E-state index is -4.36. The second-order valence-corrected chi connectivity index (χ2v) is 12.2. The predicted molar refractivity (Wildman–Crippen MR) is 127 cm³/mol. The zero-order valence-electron chi connectivity index (χ0n) is 20.8. The van der Waals surface area contributed by atoms with Gasteiger partial charge in [-0.05, 0) is 63.7 Å². The van der Waals surface area contributed by atoms with Gasteiger partial charge in [0.25, 0.3) is 0 Å². The van der Waals surface area contributed by atoms with Gasteiger partial charge < -0.3 is 9.80 Å². The molecule has 11 heteroatoms. The zero-order chi connectivity index (χ0) is 25.4. The van der Waals surface area contributed by atoms with E-state index in [1.807, 2.05) is 20.8 Å². The number of likely N-dealkylation sites (tertiary alicyclic amines) is 3. The van der Waals surface area contributed by atoms with Gasteiger partial charge in [-0.2, -0.15) is 18.3 Å². The van der Waals surface area contributed by atoms with Gasteiger partial charge in [-0.1, -0.05) is 0 Å². The van der Waals surface area contributed by atoms with Crippen LogP contribution in [0.1, 0.15) is 67.6 Å². The van der Waals surface area contributed by atoms with E-state index in [1.165, 1.54) is 18.9 Å². The highest BCUT2D eigenvalue weighted by atomic mass is 19.4. The van der Waals surface area contributed by atoms with E-state index in [0.717, 1.165) is 83.0 Å². The molecule has 7 rings (SSSR count). The number of rotatable bonds is 4. The Morgan fingerprint density at radius 1 is 0.973 bits per heavy atom. The van der Waals surface area contributed by atoms with Crippen molar-refractivity contribution in [2.75, 3.05) is 39.3 Å². The van der Waals surface area contributed by atoms with Gasteiger partial charge in [0.05, 0.1) is 17.3 Å². The minimum Gasteiger partial charge on any atom is -0.323 e. The van der Waals surface area contributed by atoms with Crippen molar-refractivity contribution in [3.8, 4) is 0 Å². The molecule has 8 nitrogen and oxygen atoms in total. The summed E-state index contributed by atoms with van der Waals surface area (Å²) in [6.07, 6.45) is 5.04. The Balaban J connectivity index is 0.838. The number of carbonyl (C=O) groups excluding carboxylic acids is 1. The maximum Gasteiger partial charge on any atom is 0.417 e. The van der Waals surface area contributed by atoms with Crippen LogP contribution in [0, 0.1) is 10.8 Å². The van der Waals surface area contributed by atoms with Crippen LogP contribution in [-0.2, 0) is 12.7 Å². The van der Waals surface area contributed by atoms with Crippen molar-refractivity contribution in [2.24, 2.45) is 10.8 Å². The molecule has 3 aliphatic heterocycles. The van der Waals surface area contributed by atoms with Crippen LogP contribution < -0.4 is 0 Å². The first-order valence-corrected chi connectivity index (χ1v) is 13.4. The lowest BCUT2D eigenvalue weighted by atomic mass is 9.60. The number of hydrogen-bond acceptors (Lipinski definition) is 5. The highest BCUT2D eigenvalue weighted by Crippen LogP contribution is 2.54. The third-order valence-corrected chi connectivity index (χ3v) is 9.28. The minimum absolute atomic E-state index is 0.174. The smallest absolute Gasteiger partial charge is 0.323 e. The van der Waals surface area contributed by atoms with Crippen LogP contribution in [-0.4, -0.2) is 79.7 Å². The molecule has 5 heterocycles. The molecule has 0 bridgehead atoms. The number of carbonyl (C=O) groups is 1. The summed E-state index contributed by atoms with van der Waals surface area (Å²) in [7, 11) is 0. The summed E-state index contributed by atoms with van der Waals surface area (Å²) in [6, 6.07) is 3.17. The Morgan fingerprint density at radius 2 is 1.65 bits per heavy atom. The Hall–Kier alpha value is -2.69. The highest BCUT2D eigenvalue weighted by Gasteiger charge is 2.57. The monoisotopic (exact) mass is 515 g/mol. The summed E-state index contributed by atoms with van der Waals surface area (Å²) >= 11 is 0. The lowest BCUT2D eigenvalue weighted by molar-refractivity contribution is -0.137. The maximum atomic E-state index is 13.0. The molecule has 2 aromatic rings. The molecule has 37 heavy (non-hydrogen) atoms. The topological polar surface area (TPSA) is 70.4 Å². The Labute approximate surface area is 213 Å². The van der Waals surface area contributed by atoms with Gasteiger partial charge in [-0.3, -0.25) is 9.88 Å². The van der Waals surface area contributed by atoms with E-state index in [9.17, 15) is 18.0 Å². The number of piperidine rings is 1. The molecule has 2 aromatic heterocycles. The first kappa shape index (κ1) is 23.4. The average molecular weight is 516 g/mol. The molecule has 2 spiro atoms. The Kier molecular flexibility index (Phi) is 5.16. The van der Waals surface area contributed by atoms with Crippen LogP contribution in [0.25, 0.3) is 0 Å². The zero-order valence-corrected chi connectivity index (χ0v) is 20.8. The van der Waals surface area contributed by atoms with Gasteiger partial charge in [0.2, 0.25) is 0 Å². The Morgan fingerprint density at radius 3 is 2.24 bits per heavy atom. The molecular formula is C26H32F3N7O. The number of pyridine rings is 1. The molecule has 2 saturated carbocycles. The highest BCUT2D eigenvalue weighted by molar-refractivity contribution is 5.76. The standard InChI is InChI=1S/C26H32F3N7O/c27-26(28,29)19-3-4-20(30-11-19)12-33-7-5-24(6-8-33)13-34(14-24)23(37)35-15-25(16-35)9-21(10-25)36-17-31-22(32-36)18-1-2-18/h3-4,11,17-18,21H,1-2,5-10,12-16H2. The summed E-state index contributed by atoms with van der Waals surface area (Å²) < 4.78 is 40.3. The molecule has 0 aromatic carbocycles. The van der Waals surface area contributed by atoms with Crippen molar-refractivity contribution < 1.29 is 18.0 Å². The van der Waals surface area contributed by atoms with E-state index in [0.29, 0.717) is 24.2 Å². The van der Waals surface area contributed by atoms with E-state index >= 15 is 0 Å². The molecule has 0 N–H and O–H groups in total. The number of aromatic nitrogens is 4. The quantitative estimate of drug-likeness (QED) is 0.617. The van der Waals surface area contributed by atoms with Crippen molar-refractivity contribution >= 4 is 6.03 Å². The molecule has 198 valence electrons. The molecule has 5 aliphatic rings. The van der Waals surface area contributed by atoms with Gasteiger partial charge in [-0.25, -0.2) is 14.5 Å². The van der Waals surface area contributed by atoms with E-state index in [4.69, 9.17) is 0 Å². The SMILES string of the molecule is O=C(N1CC2(CCN(Cc3ccc(C(F)(F)F)cn3)CC2)C1)N1CC2(CC(n3cnc(C4CC4)n3)C2)C1. The molecule has 0 radical (unpaired) electrons. The fraction of sp³-hybridized carbons (Fsp3) is 0.692. The van der Waals surface area contributed by atoms with Crippen molar-refractivity contribution in [1.29, 1.82) is 0 Å². The molecule has 2 amide bonds. The van der Waals surface area contributed by atoms with Crippen LogP contribution in [0.3, 0.4) is 0 Å². The van der Waals surface area contributed by atoms with Crippen LogP contribution in [0.15, 0.2) is 24.7 Å². The van der Waals surface area contributed by atoms with Crippen molar-refractivity contribution in [3.63, 3.8) is 0 Å². The molecule has 5 fully saturated rings. The second kappa shape index (κ2) is 8.15. The van der Waals surface area contributed by atoms with Gasteiger partial charge in [0, 0.05) is 55.7 Å². The number of hydrogen-bond donors (Lipinski definition) is 0. The summed E-state index contributed by atoms with van der Waals surface area (Å²) in [5.74, 6) is 1.58. The number of nitrogens with zero attached hydrogens (tertiary/aromatic N) is 7. The van der Waals surface area contributed by atoms with Gasteiger partial charge in [0.1, 0.15) is 6.33 Å². The van der Waals surface area contributed by atoms with Crippen molar-refractivity contribution in [1.82, 2.24) is 34.4 Å². The van der Waals surface area contributed by atoms with Crippen LogP contribution >= 0.6 is 0 Å². The molecular weight excluding hydrogens is 483 g/mol. The lowest BCUT2D eigenvalue weighted by Crippen LogP contribution is -2.70. The van der Waals surface area contributed by atoms with Crippen LogP contribution in [0.2, 0.25) is 0 Å². The van der Waals surface area contributed by atoms with Gasteiger partial charge in [0.15, 0.2) is 5.82 Å². The van der Waals surface area contributed by atoms with Crippen LogP contribution in [0.4, 0.5) is 18.0 Å². The lowest BCUT2D eigenvalue weighted by Gasteiger charge is -2.61. The summed E-state index contributed by atoms with van der Waals surface area (Å²) in [4.78, 5) is 27.8. The molecule has 0 atom stereocenters. The summed E-state index contributed by atoms with van der Waals surface area (Å²) in [5, 5.41) is 4.68. The number of alkyl halides is 3. The second-order valence-electron chi connectivity index (χ2n) is 12.2. The number of urea groups is 1. The van der Waals surface area contributed by atoms with Crippen molar-refractivity contribution in [2.45, 2.75) is 63.2 Å². The van der Waals surface area contributed by atoms with Gasteiger partial charge >= 0.3 is 12.2 Å². The van der Waals surface area contributed by atoms with E-state index < -0.39 is 11.7 Å². The fourth-order valence-corrected chi connectivity index (χ4v) is 6.79. The van der Waals surface area contributed by atoms with Gasteiger partial charge in [-0.15, -0.1) is 0 Å². The third-order valence-electron chi connectivity index (χ3n) is 9.28. The summed E-state index contributed by atoms with van der Waals surface area (Å²) in [5.41, 5.74) is 0.408. The Bertz CT molecular complexity index is 1160. The maximum absolute atomic E-state index is 13.0. The third kappa shape index (κ3) is 4.28. The van der Waals surface area contributed by atoms with Crippen LogP contribution in [0.5, 0.6) is 0 Å². The fourth-order valence-electron chi connectivity index (χ4n) is 6.79. The molecule has 0 unspecified atom stereocenters. The van der Waals surface area contributed by atoms with E-state index in [-0.39, 0.29) is 16.9 Å². The van der Waals surface area contributed by atoms with E-state index in [2.05, 4.69) is 20.0 Å². The first-order valence-electron chi connectivity index (χ1n) is 13.4. The van der Waals surface area contributed by atoms with E-state index in [1.54, 1.807) is 0 Å². The normalized spacial score (nSPS) is 25.2. The number of halogens is 3. The van der Waals surface area contributed by atoms with Crippen molar-refractivity contribution in [3.05, 3.63) is 41.7 Å². The molecule has 3 saturated heterocycles. The average Bonchev–Trinajstić information content (AvgIpc) is 3.53. The summed E-state index contributed by atoms with van der Waals surface area (Å²) in [6.45, 7) is 5.64. The first-order chi connectivity index (χ1) is 17.7. The predicted octanol–water partition coefficient (Wildman–Crippen LogP) is 3.92.